The van der Waals surface area contributed by atoms with E-state index in [1.165, 1.54) is 19.3 Å². The average molecular weight is 342 g/mol. The molecular weight excluding hydrogens is 317 g/mol. The predicted octanol–water partition coefficient (Wildman–Crippen LogP) is 4.79. The topological polar surface area (TPSA) is 12.0 Å². The van der Waals surface area contributed by atoms with Crippen molar-refractivity contribution in [3.8, 4) is 0 Å². The molecule has 20 heavy (non-hydrogen) atoms. The van der Waals surface area contributed by atoms with Crippen LogP contribution < -0.4 is 5.32 Å². The van der Waals surface area contributed by atoms with Gasteiger partial charge in [0.25, 0.3) is 0 Å². The highest BCUT2D eigenvalue weighted by atomic mass is 79.9. The van der Waals surface area contributed by atoms with Crippen LogP contribution >= 0.6 is 15.9 Å². The summed E-state index contributed by atoms with van der Waals surface area (Å²) < 4.78 is 14.9. The van der Waals surface area contributed by atoms with Crippen LogP contribution in [0.15, 0.2) is 22.7 Å². The Labute approximate surface area is 130 Å². The summed E-state index contributed by atoms with van der Waals surface area (Å²) in [7, 11) is 2.03. The average Bonchev–Trinajstić information content (AvgIpc) is 2.42. The van der Waals surface area contributed by atoms with Gasteiger partial charge in [0.1, 0.15) is 5.82 Å². The second-order valence-electron chi connectivity index (χ2n) is 6.41. The normalized spacial score (nSPS) is 27.0. The lowest BCUT2D eigenvalue weighted by Crippen LogP contribution is -2.40. The lowest BCUT2D eigenvalue weighted by molar-refractivity contribution is 0.172. The molecule has 2 rings (SSSR count). The highest BCUT2D eigenvalue weighted by molar-refractivity contribution is 9.10. The van der Waals surface area contributed by atoms with Gasteiger partial charge in [0.15, 0.2) is 0 Å². The van der Waals surface area contributed by atoms with Crippen molar-refractivity contribution in [1.29, 1.82) is 0 Å². The zero-order valence-corrected chi connectivity index (χ0v) is 14.2. The van der Waals surface area contributed by atoms with E-state index in [9.17, 15) is 4.39 Å². The quantitative estimate of drug-likeness (QED) is 0.829. The fourth-order valence-corrected chi connectivity index (χ4v) is 3.90. The van der Waals surface area contributed by atoms with Crippen LogP contribution in [0.5, 0.6) is 0 Å². The van der Waals surface area contributed by atoms with Crippen molar-refractivity contribution in [2.75, 3.05) is 7.05 Å². The highest BCUT2D eigenvalue weighted by Gasteiger charge is 2.31. The molecule has 1 aromatic carbocycles. The van der Waals surface area contributed by atoms with E-state index in [1.807, 2.05) is 13.1 Å². The molecule has 1 aromatic rings. The SMILES string of the molecule is CNC1CCC(C(C)C)CC1Cc1cc(Br)ccc1F. The predicted molar refractivity (Wildman–Crippen MR) is 86.3 cm³/mol. The van der Waals surface area contributed by atoms with E-state index >= 15 is 0 Å². The molecule has 3 unspecified atom stereocenters. The van der Waals surface area contributed by atoms with Crippen LogP contribution in [0.4, 0.5) is 4.39 Å². The second-order valence-corrected chi connectivity index (χ2v) is 7.33. The third kappa shape index (κ3) is 3.82. The Bertz CT molecular complexity index is 447. The lowest BCUT2D eigenvalue weighted by atomic mass is 9.72. The van der Waals surface area contributed by atoms with E-state index in [0.717, 1.165) is 28.3 Å². The molecule has 3 atom stereocenters. The zero-order chi connectivity index (χ0) is 14.7. The Hall–Kier alpha value is -0.410. The monoisotopic (exact) mass is 341 g/mol. The number of benzene rings is 1. The number of rotatable bonds is 4. The molecular formula is C17H25BrFN. The van der Waals surface area contributed by atoms with Gasteiger partial charge >= 0.3 is 0 Å². The molecule has 0 radical (unpaired) electrons. The Morgan fingerprint density at radius 1 is 1.35 bits per heavy atom. The standard InChI is InChI=1S/C17H25BrFN/c1-11(2)12-4-7-17(20-3)14(8-12)9-13-10-15(18)5-6-16(13)19/h5-6,10-12,14,17,20H,4,7-9H2,1-3H3. The fourth-order valence-electron chi connectivity index (χ4n) is 3.49. The van der Waals surface area contributed by atoms with Gasteiger partial charge in [-0.25, -0.2) is 4.39 Å². The van der Waals surface area contributed by atoms with Gasteiger partial charge in [0.05, 0.1) is 0 Å². The molecule has 1 nitrogen and oxygen atoms in total. The molecule has 1 aliphatic carbocycles. The van der Waals surface area contributed by atoms with Crippen LogP contribution in [-0.4, -0.2) is 13.1 Å². The molecule has 1 N–H and O–H groups in total. The van der Waals surface area contributed by atoms with E-state index in [0.29, 0.717) is 12.0 Å². The Balaban J connectivity index is 2.13. The molecule has 0 heterocycles. The van der Waals surface area contributed by atoms with E-state index in [-0.39, 0.29) is 5.82 Å². The summed E-state index contributed by atoms with van der Waals surface area (Å²) >= 11 is 3.45. The summed E-state index contributed by atoms with van der Waals surface area (Å²) in [6.45, 7) is 4.61. The third-order valence-electron chi connectivity index (χ3n) is 4.83. The maximum atomic E-state index is 14.0. The largest absolute Gasteiger partial charge is 0.317 e. The molecule has 0 bridgehead atoms. The van der Waals surface area contributed by atoms with Crippen molar-refractivity contribution < 1.29 is 4.39 Å². The first-order valence-electron chi connectivity index (χ1n) is 7.62. The summed E-state index contributed by atoms with van der Waals surface area (Å²) in [4.78, 5) is 0. The van der Waals surface area contributed by atoms with Crippen LogP contribution in [0.2, 0.25) is 0 Å². The second kappa shape index (κ2) is 7.04. The molecule has 1 saturated carbocycles. The molecule has 112 valence electrons. The molecule has 1 fully saturated rings. The molecule has 3 heteroatoms. The number of hydrogen-bond acceptors (Lipinski definition) is 1. The number of halogens is 2. The van der Waals surface area contributed by atoms with E-state index in [4.69, 9.17) is 0 Å². The number of hydrogen-bond donors (Lipinski definition) is 1. The van der Waals surface area contributed by atoms with Gasteiger partial charge in [-0.1, -0.05) is 29.8 Å². The van der Waals surface area contributed by atoms with Gasteiger partial charge in [-0.3, -0.25) is 0 Å². The smallest absolute Gasteiger partial charge is 0.126 e. The first-order valence-corrected chi connectivity index (χ1v) is 8.41. The minimum absolute atomic E-state index is 0.0743. The van der Waals surface area contributed by atoms with Crippen LogP contribution in [0.1, 0.15) is 38.7 Å². The molecule has 0 amide bonds. The summed E-state index contributed by atoms with van der Waals surface area (Å²) in [6.07, 6.45) is 4.54. The van der Waals surface area contributed by atoms with Crippen molar-refractivity contribution in [2.24, 2.45) is 17.8 Å². The lowest BCUT2D eigenvalue weighted by Gasteiger charge is -2.38. The first-order chi connectivity index (χ1) is 9.51. The minimum Gasteiger partial charge on any atom is -0.317 e. The zero-order valence-electron chi connectivity index (χ0n) is 12.6. The van der Waals surface area contributed by atoms with Crippen molar-refractivity contribution in [3.05, 3.63) is 34.1 Å². The van der Waals surface area contributed by atoms with Crippen molar-refractivity contribution in [1.82, 2.24) is 5.32 Å². The minimum atomic E-state index is -0.0743. The Kier molecular flexibility index (Phi) is 5.62. The summed E-state index contributed by atoms with van der Waals surface area (Å²) in [5.41, 5.74) is 0.842. The first kappa shape index (κ1) is 16.0. The fraction of sp³-hybridized carbons (Fsp3) is 0.647. The molecule has 0 aliphatic heterocycles. The van der Waals surface area contributed by atoms with Crippen molar-refractivity contribution in [2.45, 2.75) is 45.6 Å². The van der Waals surface area contributed by atoms with Gasteiger partial charge < -0.3 is 5.32 Å². The van der Waals surface area contributed by atoms with Crippen LogP contribution in [-0.2, 0) is 6.42 Å². The maximum absolute atomic E-state index is 14.0. The third-order valence-corrected chi connectivity index (χ3v) is 5.32. The Morgan fingerprint density at radius 3 is 2.75 bits per heavy atom. The summed E-state index contributed by atoms with van der Waals surface area (Å²) in [6, 6.07) is 5.78. The van der Waals surface area contributed by atoms with Crippen LogP contribution in [0.3, 0.4) is 0 Å². The van der Waals surface area contributed by atoms with Gasteiger partial charge in [-0.2, -0.15) is 0 Å². The number of nitrogens with one attached hydrogen (secondary N) is 1. The van der Waals surface area contributed by atoms with E-state index < -0.39 is 0 Å². The molecule has 0 aromatic heterocycles. The molecule has 1 aliphatic rings. The Morgan fingerprint density at radius 2 is 2.10 bits per heavy atom. The highest BCUT2D eigenvalue weighted by Crippen LogP contribution is 2.36. The van der Waals surface area contributed by atoms with Crippen molar-refractivity contribution >= 4 is 15.9 Å². The van der Waals surface area contributed by atoms with Gasteiger partial charge in [-0.15, -0.1) is 0 Å². The van der Waals surface area contributed by atoms with Crippen LogP contribution in [0, 0.1) is 23.6 Å². The maximum Gasteiger partial charge on any atom is 0.126 e. The molecule has 0 saturated heterocycles. The van der Waals surface area contributed by atoms with Gasteiger partial charge in [-0.05, 0) is 74.2 Å². The summed E-state index contributed by atoms with van der Waals surface area (Å²) in [5, 5.41) is 3.43. The van der Waals surface area contributed by atoms with Crippen molar-refractivity contribution in [3.63, 3.8) is 0 Å². The van der Waals surface area contributed by atoms with Gasteiger partial charge in [0.2, 0.25) is 0 Å². The van der Waals surface area contributed by atoms with E-state index in [1.54, 1.807) is 12.1 Å². The molecule has 0 spiro atoms. The van der Waals surface area contributed by atoms with E-state index in [2.05, 4.69) is 35.1 Å². The van der Waals surface area contributed by atoms with Gasteiger partial charge in [0, 0.05) is 10.5 Å². The summed E-state index contributed by atoms with van der Waals surface area (Å²) in [5.74, 6) is 1.96. The van der Waals surface area contributed by atoms with Crippen LogP contribution in [0.25, 0.3) is 0 Å².